The van der Waals surface area contributed by atoms with E-state index in [2.05, 4.69) is 16.0 Å². The lowest BCUT2D eigenvalue weighted by molar-refractivity contribution is -0.133. The molecule has 4 amide bonds. The molecule has 0 saturated carbocycles. The van der Waals surface area contributed by atoms with Crippen molar-refractivity contribution in [1.29, 1.82) is 0 Å². The van der Waals surface area contributed by atoms with Gasteiger partial charge in [0.2, 0.25) is 5.91 Å². The van der Waals surface area contributed by atoms with Crippen molar-refractivity contribution in [2.45, 2.75) is 61.0 Å². The molecular formula is C34H37ClN4O8S. The average Bonchev–Trinajstić information content (AvgIpc) is 3.48. The van der Waals surface area contributed by atoms with Crippen LogP contribution in [0.2, 0.25) is 5.02 Å². The molecule has 48 heavy (non-hydrogen) atoms. The van der Waals surface area contributed by atoms with E-state index in [4.69, 9.17) is 21.1 Å². The number of aliphatic hydroxyl groups is 1. The van der Waals surface area contributed by atoms with Gasteiger partial charge in [0, 0.05) is 42.5 Å². The third-order valence-corrected chi connectivity index (χ3v) is 10.2. The van der Waals surface area contributed by atoms with Crippen molar-refractivity contribution in [2.24, 2.45) is 0 Å². The fraction of sp³-hybridized carbons (Fsp3) is 0.382. The molecule has 0 unspecified atom stereocenters. The largest absolute Gasteiger partial charge is 0.493 e. The first-order valence-corrected chi connectivity index (χ1v) is 18.0. The van der Waals surface area contributed by atoms with E-state index in [1.807, 2.05) is 0 Å². The molecule has 6 rings (SSSR count). The van der Waals surface area contributed by atoms with E-state index in [0.717, 1.165) is 17.4 Å². The van der Waals surface area contributed by atoms with Gasteiger partial charge in [0.25, 0.3) is 5.91 Å². The van der Waals surface area contributed by atoms with Crippen LogP contribution >= 0.6 is 11.6 Å². The maximum absolute atomic E-state index is 13.7. The van der Waals surface area contributed by atoms with Gasteiger partial charge in [-0.1, -0.05) is 35.9 Å². The summed E-state index contributed by atoms with van der Waals surface area (Å²) >= 11 is 6.10. The van der Waals surface area contributed by atoms with Gasteiger partial charge in [-0.2, -0.15) is 0 Å². The highest BCUT2D eigenvalue weighted by Crippen LogP contribution is 2.31. The number of rotatable bonds is 3. The molecule has 0 aliphatic carbocycles. The Kier molecular flexibility index (Phi) is 9.93. The number of carbonyl (C=O) groups excluding carboxylic acids is 3. The number of amides is 4. The van der Waals surface area contributed by atoms with Gasteiger partial charge in [0.1, 0.15) is 17.9 Å². The molecule has 3 aromatic rings. The van der Waals surface area contributed by atoms with Crippen molar-refractivity contribution in [1.82, 2.24) is 15.5 Å². The van der Waals surface area contributed by atoms with Crippen molar-refractivity contribution < 1.29 is 37.4 Å². The monoisotopic (exact) mass is 696 g/mol. The van der Waals surface area contributed by atoms with E-state index >= 15 is 0 Å². The zero-order valence-corrected chi connectivity index (χ0v) is 27.8. The van der Waals surface area contributed by atoms with Crippen molar-refractivity contribution in [3.63, 3.8) is 0 Å². The van der Waals surface area contributed by atoms with Gasteiger partial charge in [-0.3, -0.25) is 9.59 Å². The summed E-state index contributed by atoms with van der Waals surface area (Å²) in [4.78, 5) is 42.3. The summed E-state index contributed by atoms with van der Waals surface area (Å²) in [5.74, 6) is -0.540. The zero-order valence-electron chi connectivity index (χ0n) is 26.2. The maximum atomic E-state index is 13.7. The van der Waals surface area contributed by atoms with Crippen LogP contribution in [0, 0.1) is 0 Å². The quantitative estimate of drug-likeness (QED) is 0.323. The van der Waals surface area contributed by atoms with Gasteiger partial charge in [-0.15, -0.1) is 0 Å². The summed E-state index contributed by atoms with van der Waals surface area (Å²) in [5, 5.41) is 19.7. The Labute approximate surface area is 283 Å². The number of nitrogens with one attached hydrogen (secondary N) is 3. The molecule has 2 fully saturated rings. The number of benzene rings is 3. The molecule has 0 radical (unpaired) electrons. The molecule has 4 N–H and O–H groups in total. The molecule has 3 aliphatic heterocycles. The van der Waals surface area contributed by atoms with Crippen molar-refractivity contribution in [3.05, 3.63) is 77.3 Å². The number of ether oxygens (including phenoxy) is 2. The minimum atomic E-state index is -3.37. The van der Waals surface area contributed by atoms with Crippen molar-refractivity contribution >= 4 is 45.0 Å². The SMILES string of the molecule is CS(=O)(=O)c1ccc(-c2ccc3c(c2)OCC[C@@H]2CC[C@H](O)[C@@H](CNC(=O)[C@@H]4C[C@@H](CN4C(=O)Nc4cccc(Cl)c4)NC3=O)O2)cc1. The molecule has 4 bridgehead atoms. The van der Waals surface area contributed by atoms with Crippen LogP contribution in [0.15, 0.2) is 71.6 Å². The van der Waals surface area contributed by atoms with Crippen molar-refractivity contribution in [2.75, 3.05) is 31.3 Å². The second kappa shape index (κ2) is 14.1. The fourth-order valence-electron chi connectivity index (χ4n) is 6.31. The average molecular weight is 697 g/mol. The third-order valence-electron chi connectivity index (χ3n) is 8.87. The number of hydrogen-bond donors (Lipinski definition) is 4. The molecule has 0 aromatic heterocycles. The lowest BCUT2D eigenvalue weighted by atomic mass is 9.99. The smallest absolute Gasteiger partial charge is 0.322 e. The molecule has 3 aromatic carbocycles. The summed E-state index contributed by atoms with van der Waals surface area (Å²) in [6.07, 6.45) is 1.20. The number of halogens is 1. The number of hydrogen-bond acceptors (Lipinski definition) is 8. The molecule has 2 saturated heterocycles. The lowest BCUT2D eigenvalue weighted by Crippen LogP contribution is -2.51. The van der Waals surface area contributed by atoms with Crippen LogP contribution in [-0.4, -0.2) is 92.6 Å². The topological polar surface area (TPSA) is 163 Å². The zero-order chi connectivity index (χ0) is 34.0. The Hall–Kier alpha value is -4.17. The molecular weight excluding hydrogens is 660 g/mol. The summed E-state index contributed by atoms with van der Waals surface area (Å²) in [6.45, 7) is 0.334. The summed E-state index contributed by atoms with van der Waals surface area (Å²) in [5.41, 5.74) is 2.17. The van der Waals surface area contributed by atoms with Crippen LogP contribution in [-0.2, 0) is 19.4 Å². The number of anilines is 1. The minimum Gasteiger partial charge on any atom is -0.493 e. The van der Waals surface area contributed by atoms with E-state index in [0.29, 0.717) is 35.7 Å². The number of fused-ring (bicyclic) bond motifs is 5. The molecule has 3 aliphatic rings. The lowest BCUT2D eigenvalue weighted by Gasteiger charge is -2.34. The molecule has 3 heterocycles. The van der Waals surface area contributed by atoms with Crippen LogP contribution in [0.5, 0.6) is 5.75 Å². The minimum absolute atomic E-state index is 0.0545. The van der Waals surface area contributed by atoms with Gasteiger partial charge >= 0.3 is 6.03 Å². The van der Waals surface area contributed by atoms with E-state index in [1.165, 1.54) is 17.0 Å². The number of urea groups is 1. The summed E-state index contributed by atoms with van der Waals surface area (Å²) in [6, 6.07) is 16.2. The Morgan fingerprint density at radius 2 is 1.79 bits per heavy atom. The fourth-order valence-corrected chi connectivity index (χ4v) is 7.13. The molecule has 14 heteroatoms. The normalized spacial score (nSPS) is 24.9. The van der Waals surface area contributed by atoms with Gasteiger partial charge in [-0.25, -0.2) is 13.2 Å². The predicted molar refractivity (Wildman–Crippen MR) is 179 cm³/mol. The van der Waals surface area contributed by atoms with Crippen LogP contribution in [0.4, 0.5) is 10.5 Å². The highest BCUT2D eigenvalue weighted by atomic mass is 35.5. The van der Waals surface area contributed by atoms with Crippen LogP contribution in [0.3, 0.4) is 0 Å². The standard InChI is InChI=1S/C34H37ClN4O8S/c1-48(44,45)26-9-5-20(6-10-26)21-7-11-27-30(15-21)46-14-13-25-8-12-29(40)31(47-25)18-36-33(42)28-17-24(37-32(27)41)19-39(28)34(43)38-23-4-2-3-22(35)16-23/h2-7,9-11,15-16,24-25,28-29,31,40H,8,12-14,17-19H2,1H3,(H,36,42)(H,37,41)(H,38,43)/t24-,25-,28-,29-,31+/m0/s1. The van der Waals surface area contributed by atoms with Gasteiger partial charge < -0.3 is 35.4 Å². The Morgan fingerprint density at radius 1 is 1.02 bits per heavy atom. The molecule has 254 valence electrons. The number of nitrogens with zero attached hydrogens (tertiary/aromatic N) is 1. The number of sulfone groups is 1. The molecule has 12 nitrogen and oxygen atoms in total. The van der Waals surface area contributed by atoms with Gasteiger partial charge in [0.05, 0.1) is 29.3 Å². The van der Waals surface area contributed by atoms with Crippen LogP contribution < -0.4 is 20.7 Å². The Morgan fingerprint density at radius 3 is 2.54 bits per heavy atom. The summed E-state index contributed by atoms with van der Waals surface area (Å²) < 4.78 is 36.3. The first-order chi connectivity index (χ1) is 22.9. The van der Waals surface area contributed by atoms with Gasteiger partial charge in [-0.05, 0) is 72.9 Å². The van der Waals surface area contributed by atoms with Crippen LogP contribution in [0.1, 0.15) is 36.0 Å². The van der Waals surface area contributed by atoms with E-state index in [9.17, 15) is 27.9 Å². The Bertz CT molecular complexity index is 1800. The van der Waals surface area contributed by atoms with Crippen molar-refractivity contribution in [3.8, 4) is 16.9 Å². The first kappa shape index (κ1) is 33.7. The van der Waals surface area contributed by atoms with E-state index < -0.39 is 52.0 Å². The van der Waals surface area contributed by atoms with Gasteiger partial charge in [0.15, 0.2) is 9.84 Å². The van der Waals surface area contributed by atoms with Crippen LogP contribution in [0.25, 0.3) is 11.1 Å². The molecule has 5 atom stereocenters. The molecule has 0 spiro atoms. The number of carbonyl (C=O) groups is 3. The van der Waals surface area contributed by atoms with E-state index in [-0.39, 0.29) is 42.7 Å². The second-order valence-electron chi connectivity index (χ2n) is 12.3. The second-order valence-corrected chi connectivity index (χ2v) is 14.8. The number of aliphatic hydroxyl groups excluding tert-OH is 1. The highest BCUT2D eigenvalue weighted by molar-refractivity contribution is 7.90. The predicted octanol–water partition coefficient (Wildman–Crippen LogP) is 3.62. The third kappa shape index (κ3) is 7.75. The summed E-state index contributed by atoms with van der Waals surface area (Å²) in [7, 11) is -3.37. The highest BCUT2D eigenvalue weighted by Gasteiger charge is 2.41. The van der Waals surface area contributed by atoms with E-state index in [1.54, 1.807) is 54.6 Å². The number of likely N-dealkylation sites (tertiary alicyclic amines) is 1. The maximum Gasteiger partial charge on any atom is 0.322 e. The Balaban J connectivity index is 1.29. The first-order valence-electron chi connectivity index (χ1n) is 15.8.